The summed E-state index contributed by atoms with van der Waals surface area (Å²) in [6.07, 6.45) is 6.51. The summed E-state index contributed by atoms with van der Waals surface area (Å²) in [5.74, 6) is 0.115. The van der Waals surface area contributed by atoms with Crippen LogP contribution in [0, 0.1) is 5.92 Å². The van der Waals surface area contributed by atoms with Crippen LogP contribution in [0.25, 0.3) is 11.0 Å². The first-order valence-corrected chi connectivity index (χ1v) is 13.9. The van der Waals surface area contributed by atoms with Crippen LogP contribution in [-0.4, -0.2) is 33.4 Å². The zero-order valence-electron chi connectivity index (χ0n) is 20.6. The van der Waals surface area contributed by atoms with E-state index in [0.717, 1.165) is 46.7 Å². The average molecular weight is 500 g/mol. The zero-order chi connectivity index (χ0) is 24.9. The van der Waals surface area contributed by atoms with Gasteiger partial charge in [0.15, 0.2) is 5.16 Å². The van der Waals surface area contributed by atoms with E-state index in [9.17, 15) is 9.90 Å². The number of para-hydroxylation sites is 2. The number of rotatable bonds is 9. The number of aliphatic hydroxyl groups excluding tert-OH is 1. The molecule has 3 aromatic carbocycles. The number of benzene rings is 3. The third-order valence-corrected chi connectivity index (χ3v) is 8.01. The monoisotopic (exact) mass is 499 g/mol. The zero-order valence-corrected chi connectivity index (χ0v) is 21.5. The Morgan fingerprint density at radius 3 is 2.39 bits per heavy atom. The molecule has 1 aromatic heterocycles. The summed E-state index contributed by atoms with van der Waals surface area (Å²) < 4.78 is 2.25. The van der Waals surface area contributed by atoms with Gasteiger partial charge < -0.3 is 15.0 Å². The Bertz CT molecular complexity index is 1300. The lowest BCUT2D eigenvalue weighted by Gasteiger charge is -2.26. The Balaban J connectivity index is 1.38. The van der Waals surface area contributed by atoms with E-state index in [0.29, 0.717) is 5.92 Å². The van der Waals surface area contributed by atoms with Gasteiger partial charge in [0.2, 0.25) is 5.91 Å². The van der Waals surface area contributed by atoms with Gasteiger partial charge in [-0.25, -0.2) is 4.98 Å². The Labute approximate surface area is 217 Å². The molecule has 1 heterocycles. The lowest BCUT2D eigenvalue weighted by Crippen LogP contribution is -2.37. The van der Waals surface area contributed by atoms with Gasteiger partial charge in [0, 0.05) is 0 Å². The predicted molar refractivity (Wildman–Crippen MR) is 146 cm³/mol. The number of hydrogen-bond donors (Lipinski definition) is 2. The summed E-state index contributed by atoms with van der Waals surface area (Å²) in [6.45, 7) is 0.612. The van der Waals surface area contributed by atoms with Gasteiger partial charge in [0.05, 0.1) is 36.1 Å². The molecule has 1 aliphatic carbocycles. The molecule has 0 spiro atoms. The van der Waals surface area contributed by atoms with Gasteiger partial charge in [-0.05, 0) is 53.8 Å². The summed E-state index contributed by atoms with van der Waals surface area (Å²) in [5, 5.41) is 14.1. The van der Waals surface area contributed by atoms with Crippen LogP contribution < -0.4 is 5.32 Å². The molecule has 0 radical (unpaired) electrons. The van der Waals surface area contributed by atoms with E-state index in [4.69, 9.17) is 4.98 Å². The molecule has 2 atom stereocenters. The minimum absolute atomic E-state index is 0.00262. The molecule has 1 amide bonds. The van der Waals surface area contributed by atoms with Gasteiger partial charge in [-0.2, -0.15) is 0 Å². The topological polar surface area (TPSA) is 67.2 Å². The Morgan fingerprint density at radius 1 is 1.00 bits per heavy atom. The van der Waals surface area contributed by atoms with Crippen molar-refractivity contribution in [3.8, 4) is 0 Å². The van der Waals surface area contributed by atoms with Gasteiger partial charge in [-0.3, -0.25) is 4.79 Å². The van der Waals surface area contributed by atoms with Crippen LogP contribution in [0.3, 0.4) is 0 Å². The van der Waals surface area contributed by atoms with Gasteiger partial charge in [-0.15, -0.1) is 0 Å². The fraction of sp³-hybridized carbons (Fsp3) is 0.333. The quantitative estimate of drug-likeness (QED) is 0.280. The molecule has 1 fully saturated rings. The van der Waals surface area contributed by atoms with Crippen LogP contribution in [0.1, 0.15) is 54.3 Å². The molecule has 0 saturated heterocycles. The number of aliphatic hydroxyl groups is 1. The minimum Gasteiger partial charge on any atom is -0.394 e. The Morgan fingerprint density at radius 2 is 1.69 bits per heavy atom. The highest BCUT2D eigenvalue weighted by Gasteiger charge is 2.33. The van der Waals surface area contributed by atoms with Crippen LogP contribution in [0.15, 0.2) is 84.0 Å². The number of carbonyl (C=O) groups is 1. The van der Waals surface area contributed by atoms with Gasteiger partial charge in [0.25, 0.3) is 0 Å². The Hall–Kier alpha value is -3.09. The summed E-state index contributed by atoms with van der Waals surface area (Å²) in [6, 6.07) is 26.1. The van der Waals surface area contributed by atoms with Crippen molar-refractivity contribution in [2.75, 3.05) is 12.9 Å². The highest BCUT2D eigenvalue weighted by molar-refractivity contribution is 7.98. The molecule has 5 nitrogen and oxygen atoms in total. The first-order chi connectivity index (χ1) is 17.7. The highest BCUT2D eigenvalue weighted by atomic mass is 32.2. The van der Waals surface area contributed by atoms with Crippen molar-refractivity contribution >= 4 is 28.7 Å². The summed E-state index contributed by atoms with van der Waals surface area (Å²) >= 11 is 1.65. The second kappa shape index (κ2) is 11.3. The third-order valence-electron chi connectivity index (χ3n) is 7.34. The lowest BCUT2D eigenvalue weighted by molar-refractivity contribution is -0.124. The molecular formula is C30H33N3O2S. The maximum atomic E-state index is 13.6. The molecule has 4 aromatic rings. The molecule has 5 rings (SSSR count). The summed E-state index contributed by atoms with van der Waals surface area (Å²) in [7, 11) is 0. The third kappa shape index (κ3) is 5.20. The maximum Gasteiger partial charge on any atom is 0.228 e. The number of hydrogen-bond acceptors (Lipinski definition) is 4. The number of nitrogens with one attached hydrogen (secondary N) is 1. The first-order valence-electron chi connectivity index (χ1n) is 12.7. The SMILES string of the molecule is CSc1nc2ccccc2n1Cc1ccc([C@@H](C(=O)N[C@@H](CO)c2ccccc2)C2CCCC2)cc1. The average Bonchev–Trinajstić information content (AvgIpc) is 3.57. The van der Waals surface area contributed by atoms with E-state index >= 15 is 0 Å². The number of imidazole rings is 1. The van der Waals surface area contributed by atoms with Gasteiger partial charge in [0.1, 0.15) is 0 Å². The standard InChI is InChI=1S/C30H33N3O2S/c1-36-30-32-25-13-7-8-14-27(25)33(30)19-21-15-17-24(18-16-21)28(23-11-5-6-12-23)29(35)31-26(20-34)22-9-3-2-4-10-22/h2-4,7-10,13-18,23,26,28,34H,5-6,11-12,19-20H2,1H3,(H,31,35)/t26-,28-/m0/s1. The predicted octanol–water partition coefficient (Wildman–Crippen LogP) is 5.93. The van der Waals surface area contributed by atoms with E-state index in [2.05, 4.69) is 52.5 Å². The number of aromatic nitrogens is 2. The lowest BCUT2D eigenvalue weighted by atomic mass is 9.83. The number of amides is 1. The van der Waals surface area contributed by atoms with Crippen LogP contribution in [0.2, 0.25) is 0 Å². The van der Waals surface area contributed by atoms with Crippen LogP contribution in [-0.2, 0) is 11.3 Å². The molecule has 6 heteroatoms. The van der Waals surface area contributed by atoms with Crippen molar-refractivity contribution in [3.63, 3.8) is 0 Å². The molecule has 186 valence electrons. The Kier molecular flexibility index (Phi) is 7.73. The van der Waals surface area contributed by atoms with Crippen molar-refractivity contribution in [1.29, 1.82) is 0 Å². The molecule has 2 N–H and O–H groups in total. The van der Waals surface area contributed by atoms with E-state index in [1.54, 1.807) is 11.8 Å². The van der Waals surface area contributed by atoms with Crippen molar-refractivity contribution in [2.45, 2.75) is 49.3 Å². The number of thioether (sulfide) groups is 1. The smallest absolute Gasteiger partial charge is 0.228 e. The van der Waals surface area contributed by atoms with Gasteiger partial charge >= 0.3 is 0 Å². The van der Waals surface area contributed by atoms with Crippen LogP contribution in [0.5, 0.6) is 0 Å². The molecule has 1 saturated carbocycles. The summed E-state index contributed by atoms with van der Waals surface area (Å²) in [5.41, 5.74) is 5.29. The number of fused-ring (bicyclic) bond motifs is 1. The summed E-state index contributed by atoms with van der Waals surface area (Å²) in [4.78, 5) is 18.4. The van der Waals surface area contributed by atoms with Crippen molar-refractivity contribution in [3.05, 3.63) is 95.6 Å². The van der Waals surface area contributed by atoms with Gasteiger partial charge in [-0.1, -0.05) is 91.3 Å². The minimum atomic E-state index is -0.402. The molecule has 0 bridgehead atoms. The van der Waals surface area contributed by atoms with E-state index < -0.39 is 6.04 Å². The normalized spacial score (nSPS) is 15.7. The van der Waals surface area contributed by atoms with Crippen molar-refractivity contribution in [1.82, 2.24) is 14.9 Å². The first kappa shape index (κ1) is 24.6. The van der Waals surface area contributed by atoms with Crippen LogP contribution in [0.4, 0.5) is 0 Å². The van der Waals surface area contributed by atoms with E-state index in [1.807, 2.05) is 42.5 Å². The number of nitrogens with zero attached hydrogens (tertiary/aromatic N) is 2. The van der Waals surface area contributed by atoms with E-state index in [-0.39, 0.29) is 18.4 Å². The maximum absolute atomic E-state index is 13.6. The van der Waals surface area contributed by atoms with E-state index in [1.165, 1.54) is 18.4 Å². The van der Waals surface area contributed by atoms with Crippen molar-refractivity contribution in [2.24, 2.45) is 5.92 Å². The second-order valence-electron chi connectivity index (χ2n) is 9.59. The molecule has 36 heavy (non-hydrogen) atoms. The number of carbonyl (C=O) groups excluding carboxylic acids is 1. The largest absolute Gasteiger partial charge is 0.394 e. The second-order valence-corrected chi connectivity index (χ2v) is 10.4. The fourth-order valence-corrected chi connectivity index (χ4v) is 6.06. The van der Waals surface area contributed by atoms with Crippen LogP contribution >= 0.6 is 11.8 Å². The van der Waals surface area contributed by atoms with Crippen molar-refractivity contribution < 1.29 is 9.90 Å². The molecule has 0 unspecified atom stereocenters. The molecule has 0 aliphatic heterocycles. The molecular weight excluding hydrogens is 466 g/mol. The molecule has 1 aliphatic rings. The fourth-order valence-electron chi connectivity index (χ4n) is 5.48. The highest BCUT2D eigenvalue weighted by Crippen LogP contribution is 2.38.